The molecule has 3 aromatic rings. The van der Waals surface area contributed by atoms with Gasteiger partial charge in [0.2, 0.25) is 11.8 Å². The fourth-order valence-corrected chi connectivity index (χ4v) is 3.70. The van der Waals surface area contributed by atoms with Crippen molar-refractivity contribution in [3.05, 3.63) is 64.5 Å². The van der Waals surface area contributed by atoms with Gasteiger partial charge in [0, 0.05) is 10.7 Å². The lowest BCUT2D eigenvalue weighted by Crippen LogP contribution is -2.24. The van der Waals surface area contributed by atoms with E-state index in [9.17, 15) is 10.1 Å². The van der Waals surface area contributed by atoms with Crippen LogP contribution in [-0.2, 0) is 4.79 Å². The third kappa shape index (κ3) is 2.78. The normalized spacial score (nSPS) is 16.3. The molecule has 1 amide bonds. The van der Waals surface area contributed by atoms with Crippen LogP contribution in [0.2, 0.25) is 5.02 Å². The van der Waals surface area contributed by atoms with E-state index in [0.29, 0.717) is 26.8 Å². The number of amides is 1. The average molecular weight is 368 g/mol. The number of benzene rings is 2. The first-order valence-corrected chi connectivity index (χ1v) is 8.75. The van der Waals surface area contributed by atoms with Crippen molar-refractivity contribution in [2.45, 2.75) is 0 Å². The number of carbonyl (C=O) groups is 1. The SMILES string of the molecule is N#C/C(=C1/SCC(=O)N1c1ccc(Cl)cc1)c1nc2ccccc2o1. The van der Waals surface area contributed by atoms with Crippen LogP contribution in [0.15, 0.2) is 58.0 Å². The van der Waals surface area contributed by atoms with E-state index in [4.69, 9.17) is 16.0 Å². The second-order valence-corrected chi connectivity index (χ2v) is 6.67. The molecule has 1 aromatic heterocycles. The molecule has 0 bridgehead atoms. The largest absolute Gasteiger partial charge is 0.435 e. The summed E-state index contributed by atoms with van der Waals surface area (Å²) >= 11 is 7.22. The highest BCUT2D eigenvalue weighted by Gasteiger charge is 2.32. The van der Waals surface area contributed by atoms with Crippen molar-refractivity contribution >= 4 is 51.6 Å². The van der Waals surface area contributed by atoms with Crippen molar-refractivity contribution in [2.75, 3.05) is 10.7 Å². The highest BCUT2D eigenvalue weighted by molar-refractivity contribution is 8.04. The molecule has 7 heteroatoms. The maximum Gasteiger partial charge on any atom is 0.242 e. The van der Waals surface area contributed by atoms with Gasteiger partial charge in [0.05, 0.1) is 5.75 Å². The number of hydrogen-bond donors (Lipinski definition) is 0. The fraction of sp³-hybridized carbons (Fsp3) is 0.0556. The first kappa shape index (κ1) is 15.8. The first-order chi connectivity index (χ1) is 12.2. The van der Waals surface area contributed by atoms with Gasteiger partial charge in [-0.05, 0) is 36.4 Å². The Balaban J connectivity index is 1.86. The third-order valence-corrected chi connectivity index (χ3v) is 5.01. The molecule has 2 aromatic carbocycles. The number of rotatable bonds is 2. The minimum atomic E-state index is -0.105. The monoisotopic (exact) mass is 367 g/mol. The number of nitriles is 1. The molecule has 0 radical (unpaired) electrons. The summed E-state index contributed by atoms with van der Waals surface area (Å²) in [6.45, 7) is 0. The lowest BCUT2D eigenvalue weighted by molar-refractivity contribution is -0.115. The molecule has 0 saturated carbocycles. The van der Waals surface area contributed by atoms with Crippen molar-refractivity contribution in [3.63, 3.8) is 0 Å². The van der Waals surface area contributed by atoms with E-state index in [0.717, 1.165) is 0 Å². The Hall–Kier alpha value is -2.75. The maximum absolute atomic E-state index is 12.4. The van der Waals surface area contributed by atoms with Crippen molar-refractivity contribution in [1.82, 2.24) is 4.98 Å². The molecule has 25 heavy (non-hydrogen) atoms. The third-order valence-electron chi connectivity index (χ3n) is 3.70. The minimum Gasteiger partial charge on any atom is -0.435 e. The zero-order valence-electron chi connectivity index (χ0n) is 12.8. The smallest absolute Gasteiger partial charge is 0.242 e. The molecule has 0 unspecified atom stereocenters. The van der Waals surface area contributed by atoms with Gasteiger partial charge in [-0.2, -0.15) is 5.26 Å². The van der Waals surface area contributed by atoms with Gasteiger partial charge >= 0.3 is 0 Å². The Morgan fingerprint density at radius 2 is 2.00 bits per heavy atom. The number of thioether (sulfide) groups is 1. The Bertz CT molecular complexity index is 1020. The van der Waals surface area contributed by atoms with Crippen molar-refractivity contribution in [2.24, 2.45) is 0 Å². The highest BCUT2D eigenvalue weighted by Crippen LogP contribution is 2.39. The van der Waals surface area contributed by atoms with Crippen LogP contribution >= 0.6 is 23.4 Å². The van der Waals surface area contributed by atoms with Crippen LogP contribution in [0.5, 0.6) is 0 Å². The molecule has 0 N–H and O–H groups in total. The van der Waals surface area contributed by atoms with Crippen LogP contribution in [0.25, 0.3) is 16.7 Å². The van der Waals surface area contributed by atoms with E-state index in [2.05, 4.69) is 11.1 Å². The first-order valence-electron chi connectivity index (χ1n) is 7.39. The lowest BCUT2D eigenvalue weighted by atomic mass is 10.2. The Morgan fingerprint density at radius 3 is 2.72 bits per heavy atom. The second kappa shape index (κ2) is 6.28. The van der Waals surface area contributed by atoms with E-state index in [-0.39, 0.29) is 23.1 Å². The molecule has 4 rings (SSSR count). The van der Waals surface area contributed by atoms with Gasteiger partial charge in [-0.1, -0.05) is 35.5 Å². The average Bonchev–Trinajstić information content (AvgIpc) is 3.21. The van der Waals surface area contributed by atoms with Crippen molar-refractivity contribution in [3.8, 4) is 6.07 Å². The summed E-state index contributed by atoms with van der Waals surface area (Å²) in [5, 5.41) is 10.8. The van der Waals surface area contributed by atoms with E-state index < -0.39 is 0 Å². The molecule has 1 saturated heterocycles. The van der Waals surface area contributed by atoms with E-state index in [1.807, 2.05) is 18.2 Å². The van der Waals surface area contributed by atoms with Crippen LogP contribution in [0.1, 0.15) is 5.89 Å². The number of anilines is 1. The van der Waals surface area contributed by atoms with E-state index in [1.54, 1.807) is 30.3 Å². The van der Waals surface area contributed by atoms with Crippen molar-refractivity contribution in [1.29, 1.82) is 5.26 Å². The summed E-state index contributed by atoms with van der Waals surface area (Å²) in [5.41, 5.74) is 2.15. The Labute approximate surface area is 152 Å². The molecular weight excluding hydrogens is 358 g/mol. The van der Waals surface area contributed by atoms with Crippen molar-refractivity contribution < 1.29 is 9.21 Å². The maximum atomic E-state index is 12.4. The second-order valence-electron chi connectivity index (χ2n) is 5.27. The molecule has 5 nitrogen and oxygen atoms in total. The molecule has 1 fully saturated rings. The van der Waals surface area contributed by atoms with Crippen LogP contribution < -0.4 is 4.90 Å². The van der Waals surface area contributed by atoms with Crippen LogP contribution in [0, 0.1) is 11.3 Å². The van der Waals surface area contributed by atoms with Gasteiger partial charge in [-0.3, -0.25) is 9.69 Å². The van der Waals surface area contributed by atoms with Crippen LogP contribution in [-0.4, -0.2) is 16.6 Å². The van der Waals surface area contributed by atoms with Crippen LogP contribution in [0.3, 0.4) is 0 Å². The number of para-hydroxylation sites is 2. The Kier molecular flexibility index (Phi) is 3.96. The lowest BCUT2D eigenvalue weighted by Gasteiger charge is -2.17. The number of halogens is 1. The minimum absolute atomic E-state index is 0.105. The number of fused-ring (bicyclic) bond motifs is 1. The van der Waals surface area contributed by atoms with Gasteiger partial charge in [-0.15, -0.1) is 0 Å². The molecule has 1 aliphatic heterocycles. The molecule has 122 valence electrons. The van der Waals surface area contributed by atoms with Gasteiger partial charge < -0.3 is 4.42 Å². The van der Waals surface area contributed by atoms with Gasteiger partial charge in [0.1, 0.15) is 22.2 Å². The van der Waals surface area contributed by atoms with E-state index in [1.165, 1.54) is 16.7 Å². The molecule has 0 atom stereocenters. The number of hydrogen-bond acceptors (Lipinski definition) is 5. The summed E-state index contributed by atoms with van der Waals surface area (Å²) in [4.78, 5) is 18.3. The fourth-order valence-electron chi connectivity index (χ4n) is 2.57. The summed E-state index contributed by atoms with van der Waals surface area (Å²) < 4.78 is 5.71. The highest BCUT2D eigenvalue weighted by atomic mass is 35.5. The molecule has 0 aliphatic carbocycles. The number of aromatic nitrogens is 1. The van der Waals surface area contributed by atoms with Gasteiger partial charge in [-0.25, -0.2) is 4.98 Å². The number of allylic oxidation sites excluding steroid dienone is 1. The van der Waals surface area contributed by atoms with E-state index >= 15 is 0 Å². The zero-order valence-corrected chi connectivity index (χ0v) is 14.3. The summed E-state index contributed by atoms with van der Waals surface area (Å²) in [6.07, 6.45) is 0. The quantitative estimate of drug-likeness (QED) is 0.625. The Morgan fingerprint density at radius 1 is 1.24 bits per heavy atom. The summed E-state index contributed by atoms with van der Waals surface area (Å²) in [5.74, 6) is 0.356. The number of oxazole rings is 1. The standard InChI is InChI=1S/C18H10ClN3O2S/c19-11-5-7-12(8-6-11)22-16(23)10-25-18(22)13(9-20)17-21-14-3-1-2-4-15(14)24-17/h1-8H,10H2/b18-13-. The number of carbonyl (C=O) groups excluding carboxylic acids is 1. The number of nitrogens with zero attached hydrogens (tertiary/aromatic N) is 3. The summed E-state index contributed by atoms with van der Waals surface area (Å²) in [6, 6.07) is 16.3. The van der Waals surface area contributed by atoms with Gasteiger partial charge in [0.25, 0.3) is 0 Å². The van der Waals surface area contributed by atoms with Crippen LogP contribution in [0.4, 0.5) is 5.69 Å². The predicted molar refractivity (Wildman–Crippen MR) is 97.9 cm³/mol. The molecular formula is C18H10ClN3O2S. The molecule has 1 aliphatic rings. The van der Waals surface area contributed by atoms with Gasteiger partial charge in [0.15, 0.2) is 5.58 Å². The molecule has 0 spiro atoms. The molecule has 2 heterocycles. The topological polar surface area (TPSA) is 70.1 Å². The predicted octanol–water partition coefficient (Wildman–Crippen LogP) is 4.45. The zero-order chi connectivity index (χ0) is 17.4. The summed E-state index contributed by atoms with van der Waals surface area (Å²) in [7, 11) is 0.